The predicted octanol–water partition coefficient (Wildman–Crippen LogP) is 3.27. The maximum absolute atomic E-state index is 14.0. The Morgan fingerprint density at radius 2 is 2.12 bits per heavy atom. The lowest BCUT2D eigenvalue weighted by atomic mass is 10.0. The zero-order chi connectivity index (χ0) is 17.5. The number of carbonyl (C=O) groups excluding carboxylic acids is 1. The van der Waals surface area contributed by atoms with Gasteiger partial charge in [0.25, 0.3) is 5.91 Å². The molecule has 0 aliphatic carbocycles. The first kappa shape index (κ1) is 18.4. The van der Waals surface area contributed by atoms with Crippen LogP contribution in [-0.2, 0) is 4.74 Å². The van der Waals surface area contributed by atoms with Crippen LogP contribution in [0.25, 0.3) is 11.1 Å². The molecule has 0 aliphatic rings. The fourth-order valence-corrected chi connectivity index (χ4v) is 2.34. The van der Waals surface area contributed by atoms with E-state index in [1.807, 2.05) is 6.92 Å². The van der Waals surface area contributed by atoms with Crippen molar-refractivity contribution >= 4 is 17.5 Å². The number of ether oxygens (including phenoxy) is 1. The summed E-state index contributed by atoms with van der Waals surface area (Å²) >= 11 is 5.91. The highest BCUT2D eigenvalue weighted by atomic mass is 35.5. The molecule has 6 heteroatoms. The summed E-state index contributed by atoms with van der Waals surface area (Å²) < 4.78 is 19.0. The molecule has 2 aromatic rings. The fourth-order valence-electron chi connectivity index (χ4n) is 2.17. The van der Waals surface area contributed by atoms with Crippen molar-refractivity contribution in [3.05, 3.63) is 58.9 Å². The molecule has 0 saturated heterocycles. The quantitative estimate of drug-likeness (QED) is 0.805. The molecular formula is C18H19ClFNO3. The van der Waals surface area contributed by atoms with Crippen molar-refractivity contribution in [2.75, 3.05) is 19.8 Å². The summed E-state index contributed by atoms with van der Waals surface area (Å²) in [6, 6.07) is 10.8. The molecule has 2 aromatic carbocycles. The number of amides is 1. The summed E-state index contributed by atoms with van der Waals surface area (Å²) in [4.78, 5) is 12.2. The van der Waals surface area contributed by atoms with E-state index in [0.717, 1.165) is 0 Å². The molecule has 4 nitrogen and oxygen atoms in total. The molecular weight excluding hydrogens is 333 g/mol. The number of carbonyl (C=O) groups is 1. The van der Waals surface area contributed by atoms with Crippen molar-refractivity contribution in [2.45, 2.75) is 13.0 Å². The minimum Gasteiger partial charge on any atom is -0.389 e. The van der Waals surface area contributed by atoms with Gasteiger partial charge in [-0.3, -0.25) is 4.79 Å². The maximum Gasteiger partial charge on any atom is 0.251 e. The predicted molar refractivity (Wildman–Crippen MR) is 91.7 cm³/mol. The molecule has 24 heavy (non-hydrogen) atoms. The van der Waals surface area contributed by atoms with Crippen LogP contribution < -0.4 is 5.32 Å². The Morgan fingerprint density at radius 3 is 2.88 bits per heavy atom. The average Bonchev–Trinajstić information content (AvgIpc) is 2.60. The van der Waals surface area contributed by atoms with Crippen LogP contribution in [0.5, 0.6) is 0 Å². The third kappa shape index (κ3) is 5.03. The average molecular weight is 352 g/mol. The fraction of sp³-hybridized carbons (Fsp3) is 0.278. The molecule has 0 fully saturated rings. The van der Waals surface area contributed by atoms with Crippen molar-refractivity contribution in [2.24, 2.45) is 0 Å². The second-order valence-corrected chi connectivity index (χ2v) is 5.66. The number of rotatable bonds is 7. The van der Waals surface area contributed by atoms with Crippen LogP contribution in [0.2, 0.25) is 5.02 Å². The van der Waals surface area contributed by atoms with Gasteiger partial charge >= 0.3 is 0 Å². The first-order valence-corrected chi connectivity index (χ1v) is 7.98. The van der Waals surface area contributed by atoms with Crippen LogP contribution in [0.1, 0.15) is 17.3 Å². The number of hydrogen-bond acceptors (Lipinski definition) is 3. The summed E-state index contributed by atoms with van der Waals surface area (Å²) in [5, 5.41) is 12.7. The zero-order valence-electron chi connectivity index (χ0n) is 13.3. The van der Waals surface area contributed by atoms with Gasteiger partial charge in [-0.2, -0.15) is 0 Å². The Hall–Kier alpha value is -1.95. The third-order valence-corrected chi connectivity index (χ3v) is 3.61. The molecule has 0 aromatic heterocycles. The van der Waals surface area contributed by atoms with Gasteiger partial charge < -0.3 is 15.2 Å². The molecule has 2 rings (SSSR count). The van der Waals surface area contributed by atoms with Crippen LogP contribution in [-0.4, -0.2) is 36.9 Å². The summed E-state index contributed by atoms with van der Waals surface area (Å²) in [6.45, 7) is 2.56. The largest absolute Gasteiger partial charge is 0.389 e. The third-order valence-electron chi connectivity index (χ3n) is 3.38. The summed E-state index contributed by atoms with van der Waals surface area (Å²) in [5.41, 5.74) is 1.25. The first-order chi connectivity index (χ1) is 11.5. The molecule has 0 saturated carbocycles. The number of hydrogen-bond donors (Lipinski definition) is 2. The highest BCUT2D eigenvalue weighted by Crippen LogP contribution is 2.26. The number of nitrogens with one attached hydrogen (secondary N) is 1. The molecule has 0 aliphatic heterocycles. The summed E-state index contributed by atoms with van der Waals surface area (Å²) in [6.07, 6.45) is -0.776. The lowest BCUT2D eigenvalue weighted by molar-refractivity contribution is 0.0418. The molecule has 2 N–H and O–H groups in total. The van der Waals surface area contributed by atoms with Gasteiger partial charge in [-0.25, -0.2) is 4.39 Å². The minimum atomic E-state index is -0.776. The zero-order valence-corrected chi connectivity index (χ0v) is 14.0. The molecule has 1 atom stereocenters. The van der Waals surface area contributed by atoms with Gasteiger partial charge in [-0.05, 0) is 42.8 Å². The summed E-state index contributed by atoms with van der Waals surface area (Å²) in [7, 11) is 0. The molecule has 1 amide bonds. The molecule has 0 radical (unpaired) electrons. The van der Waals surface area contributed by atoms with Crippen molar-refractivity contribution in [3.63, 3.8) is 0 Å². The van der Waals surface area contributed by atoms with E-state index in [0.29, 0.717) is 28.3 Å². The van der Waals surface area contributed by atoms with Gasteiger partial charge in [0.2, 0.25) is 0 Å². The number of halogens is 2. The second kappa shape index (κ2) is 8.78. The van der Waals surface area contributed by atoms with Crippen LogP contribution in [0.4, 0.5) is 4.39 Å². The van der Waals surface area contributed by atoms with Gasteiger partial charge in [-0.15, -0.1) is 0 Å². The normalized spacial score (nSPS) is 12.0. The Morgan fingerprint density at radius 1 is 1.33 bits per heavy atom. The van der Waals surface area contributed by atoms with Crippen LogP contribution >= 0.6 is 11.6 Å². The van der Waals surface area contributed by atoms with E-state index in [2.05, 4.69) is 5.32 Å². The van der Waals surface area contributed by atoms with Crippen molar-refractivity contribution in [1.29, 1.82) is 0 Å². The van der Waals surface area contributed by atoms with E-state index in [-0.39, 0.29) is 19.1 Å². The Labute approximate surface area is 145 Å². The SMILES string of the molecule is CCOCC(O)CNC(=O)c1cccc(-c2cc(Cl)ccc2F)c1. The smallest absolute Gasteiger partial charge is 0.251 e. The second-order valence-electron chi connectivity index (χ2n) is 5.23. The van der Waals surface area contributed by atoms with E-state index in [1.165, 1.54) is 18.2 Å². The van der Waals surface area contributed by atoms with Gasteiger partial charge in [0.1, 0.15) is 5.82 Å². The van der Waals surface area contributed by atoms with Crippen LogP contribution in [0, 0.1) is 5.82 Å². The Kier molecular flexibility index (Phi) is 6.73. The van der Waals surface area contributed by atoms with Crippen LogP contribution in [0.15, 0.2) is 42.5 Å². The van der Waals surface area contributed by atoms with E-state index in [1.54, 1.807) is 24.3 Å². The minimum absolute atomic E-state index is 0.0780. The van der Waals surface area contributed by atoms with Crippen molar-refractivity contribution in [3.8, 4) is 11.1 Å². The van der Waals surface area contributed by atoms with Gasteiger partial charge in [-0.1, -0.05) is 23.7 Å². The summed E-state index contributed by atoms with van der Waals surface area (Å²) in [5.74, 6) is -0.765. The van der Waals surface area contributed by atoms with E-state index >= 15 is 0 Å². The Bertz CT molecular complexity index is 708. The van der Waals surface area contributed by atoms with Crippen molar-refractivity contribution in [1.82, 2.24) is 5.32 Å². The highest BCUT2D eigenvalue weighted by Gasteiger charge is 2.12. The molecule has 1 unspecified atom stereocenters. The molecule has 0 spiro atoms. The van der Waals surface area contributed by atoms with E-state index in [9.17, 15) is 14.3 Å². The van der Waals surface area contributed by atoms with Gasteiger partial charge in [0, 0.05) is 29.3 Å². The maximum atomic E-state index is 14.0. The molecule has 0 heterocycles. The standard InChI is InChI=1S/C18H19ClFNO3/c1-2-24-11-15(22)10-21-18(23)13-5-3-4-12(8-13)16-9-14(19)6-7-17(16)20/h3-9,15,22H,2,10-11H2,1H3,(H,21,23). The van der Waals surface area contributed by atoms with Crippen LogP contribution in [0.3, 0.4) is 0 Å². The number of benzene rings is 2. The number of aliphatic hydroxyl groups excluding tert-OH is 1. The van der Waals surface area contributed by atoms with Gasteiger partial charge in [0.05, 0.1) is 12.7 Å². The molecule has 128 valence electrons. The Balaban J connectivity index is 2.09. The lowest BCUT2D eigenvalue weighted by Gasteiger charge is -2.12. The lowest BCUT2D eigenvalue weighted by Crippen LogP contribution is -2.34. The van der Waals surface area contributed by atoms with E-state index in [4.69, 9.17) is 16.3 Å². The highest BCUT2D eigenvalue weighted by molar-refractivity contribution is 6.30. The first-order valence-electron chi connectivity index (χ1n) is 7.60. The van der Waals surface area contributed by atoms with E-state index < -0.39 is 11.9 Å². The topological polar surface area (TPSA) is 58.6 Å². The number of aliphatic hydroxyl groups is 1. The monoisotopic (exact) mass is 351 g/mol. The van der Waals surface area contributed by atoms with Crippen molar-refractivity contribution < 1.29 is 19.0 Å². The van der Waals surface area contributed by atoms with Gasteiger partial charge in [0.15, 0.2) is 0 Å². The molecule has 0 bridgehead atoms.